The molecule has 0 bridgehead atoms. The fourth-order valence-corrected chi connectivity index (χ4v) is 1.19. The third-order valence-electron chi connectivity index (χ3n) is 2.40. The molecule has 18 heavy (non-hydrogen) atoms. The molecule has 0 fully saturated rings. The highest BCUT2D eigenvalue weighted by Crippen LogP contribution is 2.11. The zero-order valence-corrected chi connectivity index (χ0v) is 11.4. The normalized spacial score (nSPS) is 16.8. The quantitative estimate of drug-likeness (QED) is 0.574. The van der Waals surface area contributed by atoms with Crippen molar-refractivity contribution in [2.45, 2.75) is 64.6 Å². The van der Waals surface area contributed by atoms with Gasteiger partial charge in [0.25, 0.3) is 0 Å². The van der Waals surface area contributed by atoms with Crippen molar-refractivity contribution in [1.82, 2.24) is 0 Å². The number of carboxylic acid groups (broad SMARTS) is 2. The smallest absolute Gasteiger partial charge is 0.335 e. The molecule has 0 heterocycles. The zero-order chi connectivity index (χ0) is 15.0. The first-order valence-electron chi connectivity index (χ1n) is 5.92. The van der Waals surface area contributed by atoms with Crippen molar-refractivity contribution in [3.05, 3.63) is 0 Å². The second-order valence-electron chi connectivity index (χ2n) is 4.66. The highest BCUT2D eigenvalue weighted by molar-refractivity contribution is 5.76. The van der Waals surface area contributed by atoms with Crippen molar-refractivity contribution in [1.29, 1.82) is 0 Å². The van der Waals surface area contributed by atoms with Crippen LogP contribution in [0, 0.1) is 0 Å². The van der Waals surface area contributed by atoms with E-state index in [-0.39, 0.29) is 0 Å². The van der Waals surface area contributed by atoms with E-state index in [1.54, 1.807) is 0 Å². The van der Waals surface area contributed by atoms with Gasteiger partial charge in [0.15, 0.2) is 11.2 Å². The first-order valence-corrected chi connectivity index (χ1v) is 5.92. The van der Waals surface area contributed by atoms with Gasteiger partial charge in [0.1, 0.15) is 0 Å². The molecular weight excluding hydrogens is 240 g/mol. The van der Waals surface area contributed by atoms with Crippen LogP contribution in [0.15, 0.2) is 0 Å². The fourth-order valence-electron chi connectivity index (χ4n) is 1.19. The molecule has 0 aliphatic carbocycles. The van der Waals surface area contributed by atoms with E-state index >= 15 is 0 Å². The maximum absolute atomic E-state index is 10.2. The Morgan fingerprint density at radius 2 is 1.06 bits per heavy atom. The van der Waals surface area contributed by atoms with Gasteiger partial charge in [-0.15, -0.1) is 0 Å². The molecule has 6 heteroatoms. The van der Waals surface area contributed by atoms with Crippen LogP contribution in [0.4, 0.5) is 0 Å². The molecule has 2 atom stereocenters. The topological polar surface area (TPSA) is 115 Å². The summed E-state index contributed by atoms with van der Waals surface area (Å²) in [6.07, 6.45) is 1.98. The summed E-state index contributed by atoms with van der Waals surface area (Å²) >= 11 is 0. The van der Waals surface area contributed by atoms with Crippen LogP contribution in [0.3, 0.4) is 0 Å². The van der Waals surface area contributed by atoms with Gasteiger partial charge in [0.05, 0.1) is 0 Å². The average Bonchev–Trinajstić information content (AvgIpc) is 2.17. The Labute approximate surface area is 107 Å². The standard InChI is InChI=1S/2C6H12O3/c2*1-3-4-6(2,9)5(7)8/h2*9H,3-4H2,1-2H3,(H,7,8). The third kappa shape index (κ3) is 8.03. The van der Waals surface area contributed by atoms with E-state index in [1.807, 2.05) is 13.8 Å². The van der Waals surface area contributed by atoms with Crippen molar-refractivity contribution >= 4 is 11.9 Å². The number of carbonyl (C=O) groups is 2. The second kappa shape index (κ2) is 8.05. The molecule has 0 aliphatic rings. The largest absolute Gasteiger partial charge is 0.479 e. The van der Waals surface area contributed by atoms with Gasteiger partial charge >= 0.3 is 11.9 Å². The minimum atomic E-state index is -1.53. The lowest BCUT2D eigenvalue weighted by molar-refractivity contribution is -0.157. The molecule has 0 aromatic heterocycles. The Kier molecular flexibility index (Phi) is 8.59. The summed E-state index contributed by atoms with van der Waals surface area (Å²) in [5.41, 5.74) is -3.07. The first kappa shape index (κ1) is 19.2. The average molecular weight is 264 g/mol. The van der Waals surface area contributed by atoms with Crippen LogP contribution in [-0.2, 0) is 9.59 Å². The van der Waals surface area contributed by atoms with Crippen LogP contribution in [0.5, 0.6) is 0 Å². The van der Waals surface area contributed by atoms with E-state index in [0.29, 0.717) is 25.7 Å². The molecule has 0 aromatic carbocycles. The number of aliphatic hydroxyl groups is 2. The van der Waals surface area contributed by atoms with Gasteiger partial charge in [-0.3, -0.25) is 0 Å². The van der Waals surface area contributed by atoms with Crippen LogP contribution in [0.2, 0.25) is 0 Å². The first-order chi connectivity index (χ1) is 8.01. The Balaban J connectivity index is 0. The van der Waals surface area contributed by atoms with Gasteiger partial charge in [0.2, 0.25) is 0 Å². The lowest BCUT2D eigenvalue weighted by Crippen LogP contribution is -2.34. The molecular formula is C12H24O6. The SMILES string of the molecule is CCCC(C)(O)C(=O)O.CCCC(C)(O)C(=O)O. The molecule has 0 aliphatic heterocycles. The van der Waals surface area contributed by atoms with Crippen LogP contribution in [0.25, 0.3) is 0 Å². The van der Waals surface area contributed by atoms with E-state index in [0.717, 1.165) is 0 Å². The van der Waals surface area contributed by atoms with Crippen molar-refractivity contribution in [2.24, 2.45) is 0 Å². The third-order valence-corrected chi connectivity index (χ3v) is 2.40. The number of hydrogen-bond donors (Lipinski definition) is 4. The Bertz CT molecular complexity index is 242. The molecule has 0 rings (SSSR count). The molecule has 0 amide bonds. The van der Waals surface area contributed by atoms with Gasteiger partial charge in [-0.2, -0.15) is 0 Å². The fraction of sp³-hybridized carbons (Fsp3) is 0.833. The molecule has 2 unspecified atom stereocenters. The predicted octanol–water partition coefficient (Wildman–Crippen LogP) is 1.24. The van der Waals surface area contributed by atoms with Crippen molar-refractivity contribution in [3.63, 3.8) is 0 Å². The Morgan fingerprint density at radius 3 is 1.11 bits per heavy atom. The highest BCUT2D eigenvalue weighted by atomic mass is 16.4. The van der Waals surface area contributed by atoms with E-state index in [1.165, 1.54) is 13.8 Å². The number of carboxylic acids is 2. The summed E-state index contributed by atoms with van der Waals surface area (Å²) in [5, 5.41) is 34.6. The molecule has 0 saturated carbocycles. The van der Waals surface area contributed by atoms with Gasteiger partial charge in [-0.25, -0.2) is 9.59 Å². The molecule has 0 radical (unpaired) electrons. The van der Waals surface area contributed by atoms with E-state index in [2.05, 4.69) is 0 Å². The maximum Gasteiger partial charge on any atom is 0.335 e. The van der Waals surface area contributed by atoms with Crippen LogP contribution < -0.4 is 0 Å². The summed E-state index contributed by atoms with van der Waals surface area (Å²) in [7, 11) is 0. The Hall–Kier alpha value is -1.14. The number of rotatable bonds is 6. The highest BCUT2D eigenvalue weighted by Gasteiger charge is 2.28. The van der Waals surface area contributed by atoms with E-state index < -0.39 is 23.1 Å². The van der Waals surface area contributed by atoms with Crippen molar-refractivity contribution in [2.75, 3.05) is 0 Å². The number of aliphatic carboxylic acids is 2. The molecule has 0 saturated heterocycles. The number of hydrogen-bond acceptors (Lipinski definition) is 4. The van der Waals surface area contributed by atoms with Gasteiger partial charge in [-0.1, -0.05) is 26.7 Å². The molecule has 108 valence electrons. The van der Waals surface area contributed by atoms with Gasteiger partial charge in [-0.05, 0) is 26.7 Å². The van der Waals surface area contributed by atoms with Crippen LogP contribution >= 0.6 is 0 Å². The second-order valence-corrected chi connectivity index (χ2v) is 4.66. The van der Waals surface area contributed by atoms with E-state index in [4.69, 9.17) is 20.4 Å². The van der Waals surface area contributed by atoms with Crippen LogP contribution in [0.1, 0.15) is 53.4 Å². The molecule has 0 aromatic rings. The minimum absolute atomic E-state index is 0.308. The lowest BCUT2D eigenvalue weighted by Gasteiger charge is -2.15. The monoisotopic (exact) mass is 264 g/mol. The maximum atomic E-state index is 10.2. The molecule has 4 N–H and O–H groups in total. The molecule has 0 spiro atoms. The van der Waals surface area contributed by atoms with E-state index in [9.17, 15) is 9.59 Å². The predicted molar refractivity (Wildman–Crippen MR) is 66.3 cm³/mol. The summed E-state index contributed by atoms with van der Waals surface area (Å²) in [6, 6.07) is 0. The van der Waals surface area contributed by atoms with Gasteiger partial charge < -0.3 is 20.4 Å². The lowest BCUT2D eigenvalue weighted by atomic mass is 10.0. The van der Waals surface area contributed by atoms with Crippen LogP contribution in [-0.4, -0.2) is 43.6 Å². The Morgan fingerprint density at radius 1 is 0.833 bits per heavy atom. The molecule has 6 nitrogen and oxygen atoms in total. The summed E-state index contributed by atoms with van der Waals surface area (Å²) in [5.74, 6) is -2.30. The van der Waals surface area contributed by atoms with Gasteiger partial charge in [0, 0.05) is 0 Å². The van der Waals surface area contributed by atoms with Crippen molar-refractivity contribution in [3.8, 4) is 0 Å². The summed E-state index contributed by atoms with van der Waals surface area (Å²) < 4.78 is 0. The van der Waals surface area contributed by atoms with Crippen molar-refractivity contribution < 1.29 is 30.0 Å². The summed E-state index contributed by atoms with van der Waals surface area (Å²) in [6.45, 7) is 6.27. The minimum Gasteiger partial charge on any atom is -0.479 e. The zero-order valence-electron chi connectivity index (χ0n) is 11.4. The summed E-state index contributed by atoms with van der Waals surface area (Å²) in [4.78, 5) is 20.3.